The van der Waals surface area contributed by atoms with Gasteiger partial charge in [-0.3, -0.25) is 0 Å². The minimum atomic E-state index is 0.826. The fourth-order valence-electron chi connectivity index (χ4n) is 2.14. The van der Waals surface area contributed by atoms with Gasteiger partial charge >= 0.3 is 0 Å². The summed E-state index contributed by atoms with van der Waals surface area (Å²) in [6.45, 7) is 2.33. The first kappa shape index (κ1) is 11.0. The Morgan fingerprint density at radius 3 is 2.73 bits per heavy atom. The SMILES string of the molecule is Nc1cc(CC2CCNCC2)ccc1Br. The third kappa shape index (κ3) is 2.95. The van der Waals surface area contributed by atoms with Gasteiger partial charge in [0.25, 0.3) is 0 Å². The number of nitrogens with one attached hydrogen (secondary N) is 1. The van der Waals surface area contributed by atoms with Crippen molar-refractivity contribution in [3.8, 4) is 0 Å². The average Bonchev–Trinajstić information content (AvgIpc) is 2.25. The summed E-state index contributed by atoms with van der Waals surface area (Å²) >= 11 is 3.42. The highest BCUT2D eigenvalue weighted by Gasteiger charge is 2.13. The van der Waals surface area contributed by atoms with Crippen LogP contribution in [0.15, 0.2) is 22.7 Å². The highest BCUT2D eigenvalue weighted by atomic mass is 79.9. The Morgan fingerprint density at radius 2 is 2.07 bits per heavy atom. The molecule has 1 heterocycles. The monoisotopic (exact) mass is 268 g/mol. The molecule has 3 heteroatoms. The van der Waals surface area contributed by atoms with Gasteiger partial charge in [0, 0.05) is 10.2 Å². The van der Waals surface area contributed by atoms with Gasteiger partial charge in [-0.15, -0.1) is 0 Å². The Labute approximate surface area is 99.4 Å². The van der Waals surface area contributed by atoms with E-state index in [2.05, 4.69) is 33.4 Å². The Hall–Kier alpha value is -0.540. The lowest BCUT2D eigenvalue weighted by Crippen LogP contribution is -2.28. The van der Waals surface area contributed by atoms with Gasteiger partial charge in [-0.1, -0.05) is 6.07 Å². The smallest absolute Gasteiger partial charge is 0.0461 e. The molecule has 82 valence electrons. The molecule has 2 nitrogen and oxygen atoms in total. The molecule has 2 rings (SSSR count). The van der Waals surface area contributed by atoms with Crippen molar-refractivity contribution in [1.82, 2.24) is 5.32 Å². The lowest BCUT2D eigenvalue weighted by molar-refractivity contribution is 0.373. The first-order chi connectivity index (χ1) is 7.25. The fourth-order valence-corrected chi connectivity index (χ4v) is 2.39. The number of piperidine rings is 1. The summed E-state index contributed by atoms with van der Waals surface area (Å²) in [6.07, 6.45) is 3.74. The summed E-state index contributed by atoms with van der Waals surface area (Å²) in [5, 5.41) is 3.39. The van der Waals surface area contributed by atoms with Crippen LogP contribution < -0.4 is 11.1 Å². The van der Waals surface area contributed by atoms with Crippen LogP contribution in [0, 0.1) is 5.92 Å². The van der Waals surface area contributed by atoms with E-state index in [1.165, 1.54) is 24.8 Å². The second kappa shape index (κ2) is 4.99. The molecule has 0 aromatic heterocycles. The van der Waals surface area contributed by atoms with Crippen LogP contribution >= 0.6 is 15.9 Å². The van der Waals surface area contributed by atoms with Crippen LogP contribution in [0.5, 0.6) is 0 Å². The van der Waals surface area contributed by atoms with Crippen LogP contribution in [0.2, 0.25) is 0 Å². The fraction of sp³-hybridized carbons (Fsp3) is 0.500. The summed E-state index contributed by atoms with van der Waals surface area (Å²) in [5.74, 6) is 0.826. The van der Waals surface area contributed by atoms with Gasteiger partial charge in [0.1, 0.15) is 0 Å². The van der Waals surface area contributed by atoms with Gasteiger partial charge in [-0.25, -0.2) is 0 Å². The minimum Gasteiger partial charge on any atom is -0.398 e. The largest absolute Gasteiger partial charge is 0.398 e. The van der Waals surface area contributed by atoms with E-state index in [9.17, 15) is 0 Å². The quantitative estimate of drug-likeness (QED) is 0.810. The van der Waals surface area contributed by atoms with Gasteiger partial charge in [-0.2, -0.15) is 0 Å². The maximum absolute atomic E-state index is 5.87. The molecule has 1 aliphatic rings. The summed E-state index contributed by atoms with van der Waals surface area (Å²) in [4.78, 5) is 0. The lowest BCUT2D eigenvalue weighted by Gasteiger charge is -2.22. The predicted octanol–water partition coefficient (Wildman–Crippen LogP) is 2.57. The molecule has 0 atom stereocenters. The van der Waals surface area contributed by atoms with Gasteiger partial charge in [0.05, 0.1) is 0 Å². The maximum atomic E-state index is 5.87. The second-order valence-electron chi connectivity index (χ2n) is 4.25. The molecule has 0 spiro atoms. The zero-order valence-corrected chi connectivity index (χ0v) is 10.4. The average molecular weight is 269 g/mol. The molecule has 0 saturated carbocycles. The molecule has 0 bridgehead atoms. The van der Waals surface area contributed by atoms with Crippen LogP contribution in [-0.2, 0) is 6.42 Å². The van der Waals surface area contributed by atoms with Crippen molar-refractivity contribution in [3.63, 3.8) is 0 Å². The van der Waals surface area contributed by atoms with Crippen molar-refractivity contribution < 1.29 is 0 Å². The Bertz CT molecular complexity index is 332. The number of nitrogens with two attached hydrogens (primary N) is 1. The Morgan fingerprint density at radius 1 is 1.33 bits per heavy atom. The maximum Gasteiger partial charge on any atom is 0.0461 e. The van der Waals surface area contributed by atoms with E-state index in [1.54, 1.807) is 0 Å². The number of anilines is 1. The number of hydrogen-bond acceptors (Lipinski definition) is 2. The first-order valence-corrected chi connectivity index (χ1v) is 6.29. The van der Waals surface area contributed by atoms with Crippen molar-refractivity contribution in [2.24, 2.45) is 5.92 Å². The molecule has 15 heavy (non-hydrogen) atoms. The van der Waals surface area contributed by atoms with Gasteiger partial charge in [0.15, 0.2) is 0 Å². The number of hydrogen-bond donors (Lipinski definition) is 2. The summed E-state index contributed by atoms with van der Waals surface area (Å²) < 4.78 is 0.997. The molecule has 1 aromatic rings. The van der Waals surface area contributed by atoms with Gasteiger partial charge < -0.3 is 11.1 Å². The lowest BCUT2D eigenvalue weighted by atomic mass is 9.91. The molecule has 3 N–H and O–H groups in total. The Kier molecular flexibility index (Phi) is 3.65. The topological polar surface area (TPSA) is 38.0 Å². The van der Waals surface area contributed by atoms with E-state index < -0.39 is 0 Å². The van der Waals surface area contributed by atoms with Crippen molar-refractivity contribution >= 4 is 21.6 Å². The van der Waals surface area contributed by atoms with E-state index in [0.717, 1.165) is 29.2 Å². The van der Waals surface area contributed by atoms with Crippen molar-refractivity contribution in [2.75, 3.05) is 18.8 Å². The summed E-state index contributed by atoms with van der Waals surface area (Å²) in [7, 11) is 0. The molecule has 0 aliphatic carbocycles. The minimum absolute atomic E-state index is 0.826. The normalized spacial score (nSPS) is 17.9. The van der Waals surface area contributed by atoms with Crippen molar-refractivity contribution in [2.45, 2.75) is 19.3 Å². The van der Waals surface area contributed by atoms with E-state index in [1.807, 2.05) is 6.07 Å². The van der Waals surface area contributed by atoms with Crippen LogP contribution in [0.3, 0.4) is 0 Å². The first-order valence-electron chi connectivity index (χ1n) is 5.50. The number of benzene rings is 1. The summed E-state index contributed by atoms with van der Waals surface area (Å²) in [6, 6.07) is 6.31. The standard InChI is InChI=1S/C12H17BrN2/c13-11-2-1-10(8-12(11)14)7-9-3-5-15-6-4-9/h1-2,8-9,15H,3-7,14H2. The third-order valence-corrected chi connectivity index (χ3v) is 3.77. The molecular weight excluding hydrogens is 252 g/mol. The van der Waals surface area contributed by atoms with Crippen LogP contribution in [0.1, 0.15) is 18.4 Å². The van der Waals surface area contributed by atoms with Crippen molar-refractivity contribution in [1.29, 1.82) is 0 Å². The molecular formula is C12H17BrN2. The molecule has 1 aliphatic heterocycles. The molecule has 0 radical (unpaired) electrons. The second-order valence-corrected chi connectivity index (χ2v) is 5.11. The third-order valence-electron chi connectivity index (χ3n) is 3.04. The van der Waals surface area contributed by atoms with Crippen molar-refractivity contribution in [3.05, 3.63) is 28.2 Å². The molecule has 1 fully saturated rings. The van der Waals surface area contributed by atoms with E-state index in [-0.39, 0.29) is 0 Å². The van der Waals surface area contributed by atoms with Gasteiger partial charge in [0.2, 0.25) is 0 Å². The molecule has 1 saturated heterocycles. The van der Waals surface area contributed by atoms with Gasteiger partial charge in [-0.05, 0) is 71.9 Å². The number of rotatable bonds is 2. The van der Waals surface area contributed by atoms with Crippen LogP contribution in [-0.4, -0.2) is 13.1 Å². The molecule has 0 amide bonds. The van der Waals surface area contributed by atoms with E-state index in [0.29, 0.717) is 0 Å². The van der Waals surface area contributed by atoms with E-state index in [4.69, 9.17) is 5.73 Å². The Balaban J connectivity index is 2.00. The summed E-state index contributed by atoms with van der Waals surface area (Å²) in [5.41, 5.74) is 8.08. The number of nitrogen functional groups attached to an aromatic ring is 1. The molecule has 0 unspecified atom stereocenters. The molecule has 1 aromatic carbocycles. The zero-order chi connectivity index (χ0) is 10.7. The zero-order valence-electron chi connectivity index (χ0n) is 8.80. The predicted molar refractivity (Wildman–Crippen MR) is 67.9 cm³/mol. The highest BCUT2D eigenvalue weighted by Crippen LogP contribution is 2.24. The van der Waals surface area contributed by atoms with E-state index >= 15 is 0 Å². The van der Waals surface area contributed by atoms with Crippen LogP contribution in [0.25, 0.3) is 0 Å². The highest BCUT2D eigenvalue weighted by molar-refractivity contribution is 9.10. The number of halogens is 1. The van der Waals surface area contributed by atoms with Crippen LogP contribution in [0.4, 0.5) is 5.69 Å².